The largest absolute Gasteiger partial charge is 0.390 e. The van der Waals surface area contributed by atoms with Gasteiger partial charge in [0.15, 0.2) is 5.78 Å². The minimum atomic E-state index is -0.737. The van der Waals surface area contributed by atoms with Crippen molar-refractivity contribution in [2.75, 3.05) is 0 Å². The van der Waals surface area contributed by atoms with Crippen molar-refractivity contribution in [3.63, 3.8) is 0 Å². The summed E-state index contributed by atoms with van der Waals surface area (Å²) in [4.78, 5) is 11.6. The van der Waals surface area contributed by atoms with Crippen molar-refractivity contribution in [2.24, 2.45) is 5.92 Å². The molecule has 2 heteroatoms. The molecule has 0 fully saturated rings. The fourth-order valence-electron chi connectivity index (χ4n) is 2.23. The Balaban J connectivity index is 2.59. The lowest BCUT2D eigenvalue weighted by atomic mass is 9.76. The minimum absolute atomic E-state index is 0.0734. The molecule has 1 N–H and O–H groups in total. The Hall–Kier alpha value is -0.890. The normalized spacial score (nSPS) is 23.9. The van der Waals surface area contributed by atoms with E-state index in [9.17, 15) is 9.90 Å². The van der Waals surface area contributed by atoms with Gasteiger partial charge in [-0.2, -0.15) is 0 Å². The predicted molar refractivity (Wildman–Crippen MR) is 70.8 cm³/mol. The molecule has 2 atom stereocenters. The molecule has 0 heterocycles. The lowest BCUT2D eigenvalue weighted by molar-refractivity contribution is -0.119. The third kappa shape index (κ3) is 4.12. The van der Waals surface area contributed by atoms with Crippen molar-refractivity contribution in [3.05, 3.63) is 23.3 Å². The Morgan fingerprint density at radius 1 is 1.59 bits per heavy atom. The highest BCUT2D eigenvalue weighted by Gasteiger charge is 2.34. The zero-order valence-electron chi connectivity index (χ0n) is 11.4. The lowest BCUT2D eigenvalue weighted by Gasteiger charge is -2.34. The standard InChI is InChI=1S/C15H24O2/c1-11(2)6-5-9-15(4,17)13-8-7-12(3)14(16)10-13/h6-7,13,17H,5,8-10H2,1-4H3/t13-,15+/m0/s1. The van der Waals surface area contributed by atoms with Crippen molar-refractivity contribution >= 4 is 5.78 Å². The smallest absolute Gasteiger partial charge is 0.158 e. The van der Waals surface area contributed by atoms with Crippen LogP contribution in [0.4, 0.5) is 0 Å². The first-order chi connectivity index (χ1) is 7.83. The fraction of sp³-hybridized carbons (Fsp3) is 0.667. The van der Waals surface area contributed by atoms with Crippen molar-refractivity contribution in [1.29, 1.82) is 0 Å². The van der Waals surface area contributed by atoms with Crippen molar-refractivity contribution in [2.45, 2.75) is 59.0 Å². The Kier molecular flexibility index (Phi) is 4.70. The van der Waals surface area contributed by atoms with E-state index in [-0.39, 0.29) is 11.7 Å². The van der Waals surface area contributed by atoms with Gasteiger partial charge in [-0.15, -0.1) is 0 Å². The van der Waals surface area contributed by atoms with Crippen LogP contribution in [0.3, 0.4) is 0 Å². The molecule has 1 rings (SSSR count). The van der Waals surface area contributed by atoms with Crippen LogP contribution in [-0.2, 0) is 4.79 Å². The van der Waals surface area contributed by atoms with Crippen molar-refractivity contribution in [1.82, 2.24) is 0 Å². The molecule has 0 saturated heterocycles. The number of carbonyl (C=O) groups is 1. The molecule has 1 aliphatic rings. The second kappa shape index (κ2) is 5.63. The van der Waals surface area contributed by atoms with Gasteiger partial charge in [-0.05, 0) is 58.4 Å². The van der Waals surface area contributed by atoms with Crippen LogP contribution in [-0.4, -0.2) is 16.5 Å². The van der Waals surface area contributed by atoms with Crippen LogP contribution in [0.2, 0.25) is 0 Å². The van der Waals surface area contributed by atoms with E-state index in [1.807, 2.05) is 19.9 Å². The van der Waals surface area contributed by atoms with Crippen LogP contribution in [0.25, 0.3) is 0 Å². The molecule has 0 unspecified atom stereocenters. The van der Waals surface area contributed by atoms with E-state index in [0.717, 1.165) is 24.8 Å². The van der Waals surface area contributed by atoms with Crippen LogP contribution in [0.1, 0.15) is 53.4 Å². The fourth-order valence-corrected chi connectivity index (χ4v) is 2.23. The Morgan fingerprint density at radius 2 is 2.24 bits per heavy atom. The van der Waals surface area contributed by atoms with E-state index in [1.54, 1.807) is 0 Å². The summed E-state index contributed by atoms with van der Waals surface area (Å²) in [5.41, 5.74) is 1.39. The van der Waals surface area contributed by atoms with Crippen molar-refractivity contribution < 1.29 is 9.90 Å². The number of rotatable bonds is 4. The molecule has 0 aromatic rings. The quantitative estimate of drug-likeness (QED) is 0.759. The maximum atomic E-state index is 11.6. The molecule has 0 aliphatic heterocycles. The van der Waals surface area contributed by atoms with Gasteiger partial charge in [-0.25, -0.2) is 0 Å². The van der Waals surface area contributed by atoms with E-state index in [2.05, 4.69) is 19.9 Å². The topological polar surface area (TPSA) is 37.3 Å². The van der Waals surface area contributed by atoms with Gasteiger partial charge < -0.3 is 5.11 Å². The summed E-state index contributed by atoms with van der Waals surface area (Å²) in [5.74, 6) is 0.257. The summed E-state index contributed by atoms with van der Waals surface area (Å²) >= 11 is 0. The number of Topliss-reactive ketones (excluding diaryl/α,β-unsaturated/α-hetero) is 1. The van der Waals surface area contributed by atoms with E-state index in [1.165, 1.54) is 5.57 Å². The van der Waals surface area contributed by atoms with Gasteiger partial charge >= 0.3 is 0 Å². The highest BCUT2D eigenvalue weighted by molar-refractivity contribution is 5.95. The Bertz CT molecular complexity index is 344. The number of ketones is 1. The van der Waals surface area contributed by atoms with E-state index >= 15 is 0 Å². The molecule has 0 amide bonds. The number of allylic oxidation sites excluding steroid dienone is 4. The lowest BCUT2D eigenvalue weighted by Crippen LogP contribution is -2.37. The Morgan fingerprint density at radius 3 is 2.76 bits per heavy atom. The first kappa shape index (κ1) is 14.2. The molecular weight excluding hydrogens is 212 g/mol. The van der Waals surface area contributed by atoms with E-state index < -0.39 is 5.60 Å². The summed E-state index contributed by atoms with van der Waals surface area (Å²) in [6, 6.07) is 0. The van der Waals surface area contributed by atoms with Gasteiger partial charge in [0, 0.05) is 6.42 Å². The number of hydrogen-bond donors (Lipinski definition) is 1. The maximum absolute atomic E-state index is 11.6. The summed E-state index contributed by atoms with van der Waals surface area (Å²) in [6.45, 7) is 7.84. The molecule has 0 bridgehead atoms. The van der Waals surface area contributed by atoms with Gasteiger partial charge in [-0.3, -0.25) is 4.79 Å². The SMILES string of the molecule is CC(C)=CCC[C@@](C)(O)[C@H]1CC=C(C)C(=O)C1. The third-order valence-corrected chi connectivity index (χ3v) is 3.66. The van der Waals surface area contributed by atoms with Crippen LogP contribution in [0.5, 0.6) is 0 Å². The van der Waals surface area contributed by atoms with Crippen LogP contribution in [0.15, 0.2) is 23.3 Å². The van der Waals surface area contributed by atoms with Crippen LogP contribution >= 0.6 is 0 Å². The molecule has 0 aromatic heterocycles. The first-order valence-corrected chi connectivity index (χ1v) is 6.38. The molecule has 96 valence electrons. The number of aliphatic hydroxyl groups is 1. The summed E-state index contributed by atoms with van der Waals surface area (Å²) in [7, 11) is 0. The molecule has 0 spiro atoms. The van der Waals surface area contributed by atoms with Crippen LogP contribution in [0, 0.1) is 5.92 Å². The van der Waals surface area contributed by atoms with E-state index in [0.29, 0.717) is 6.42 Å². The summed E-state index contributed by atoms with van der Waals surface area (Å²) < 4.78 is 0. The zero-order valence-corrected chi connectivity index (χ0v) is 11.4. The average Bonchev–Trinajstić information content (AvgIpc) is 2.21. The highest BCUT2D eigenvalue weighted by Crippen LogP contribution is 2.33. The zero-order chi connectivity index (χ0) is 13.1. The average molecular weight is 236 g/mol. The second-order valence-electron chi connectivity index (χ2n) is 5.62. The Labute approximate surface area is 104 Å². The second-order valence-corrected chi connectivity index (χ2v) is 5.62. The third-order valence-electron chi connectivity index (χ3n) is 3.66. The maximum Gasteiger partial charge on any atom is 0.158 e. The number of hydrogen-bond acceptors (Lipinski definition) is 2. The molecule has 17 heavy (non-hydrogen) atoms. The van der Waals surface area contributed by atoms with Gasteiger partial charge in [0.25, 0.3) is 0 Å². The van der Waals surface area contributed by atoms with Gasteiger partial charge in [-0.1, -0.05) is 17.7 Å². The van der Waals surface area contributed by atoms with Gasteiger partial charge in [0.2, 0.25) is 0 Å². The van der Waals surface area contributed by atoms with Crippen molar-refractivity contribution in [3.8, 4) is 0 Å². The molecule has 0 aromatic carbocycles. The van der Waals surface area contributed by atoms with Crippen LogP contribution < -0.4 is 0 Å². The molecule has 0 radical (unpaired) electrons. The predicted octanol–water partition coefficient (Wildman–Crippen LogP) is 3.41. The summed E-state index contributed by atoms with van der Waals surface area (Å²) in [5, 5.41) is 10.4. The highest BCUT2D eigenvalue weighted by atomic mass is 16.3. The van der Waals surface area contributed by atoms with Gasteiger partial charge in [0.05, 0.1) is 5.60 Å². The molecule has 0 saturated carbocycles. The van der Waals surface area contributed by atoms with E-state index in [4.69, 9.17) is 0 Å². The minimum Gasteiger partial charge on any atom is -0.390 e. The molecular formula is C15H24O2. The monoisotopic (exact) mass is 236 g/mol. The molecule has 1 aliphatic carbocycles. The summed E-state index contributed by atoms with van der Waals surface area (Å²) in [6.07, 6.45) is 7.02. The first-order valence-electron chi connectivity index (χ1n) is 6.38. The number of carbonyl (C=O) groups excluding carboxylic acids is 1. The van der Waals surface area contributed by atoms with Gasteiger partial charge in [0.1, 0.15) is 0 Å². The molecule has 2 nitrogen and oxygen atoms in total.